The van der Waals surface area contributed by atoms with Gasteiger partial charge in [0.2, 0.25) is 0 Å². The van der Waals surface area contributed by atoms with Gasteiger partial charge in [0.1, 0.15) is 0 Å². The van der Waals surface area contributed by atoms with E-state index in [2.05, 4.69) is 12.2 Å². The summed E-state index contributed by atoms with van der Waals surface area (Å²) in [5, 5.41) is 3.57. The summed E-state index contributed by atoms with van der Waals surface area (Å²) in [4.78, 5) is 11.9. The van der Waals surface area contributed by atoms with Crippen molar-refractivity contribution in [2.75, 3.05) is 6.54 Å². The lowest BCUT2D eigenvalue weighted by Crippen LogP contribution is -2.33. The molecule has 1 saturated carbocycles. The Morgan fingerprint density at radius 2 is 2.06 bits per heavy atom. The molecule has 4 heteroatoms. The zero-order valence-corrected chi connectivity index (χ0v) is 11.6. The predicted molar refractivity (Wildman–Crippen MR) is 73.8 cm³/mol. The molecule has 4 nitrogen and oxygen atoms in total. The van der Waals surface area contributed by atoms with Crippen LogP contribution in [0.3, 0.4) is 0 Å². The van der Waals surface area contributed by atoms with Gasteiger partial charge < -0.3 is 5.32 Å². The largest absolute Gasteiger partial charge is 0.328 e. The van der Waals surface area contributed by atoms with Crippen molar-refractivity contribution in [2.45, 2.75) is 58.7 Å². The van der Waals surface area contributed by atoms with Gasteiger partial charge in [-0.3, -0.25) is 9.13 Å². The van der Waals surface area contributed by atoms with Crippen molar-refractivity contribution in [1.29, 1.82) is 0 Å². The summed E-state index contributed by atoms with van der Waals surface area (Å²) in [5.41, 5.74) is 0.135. The minimum atomic E-state index is 0.135. The summed E-state index contributed by atoms with van der Waals surface area (Å²) in [6.45, 7) is 6.84. The molecule has 102 valence electrons. The molecule has 2 unspecified atom stereocenters. The smallest absolute Gasteiger partial charge is 0.314 e. The SMILES string of the molecule is CCNC1CCCC1CCn1ccn(CC)c1=O. The summed E-state index contributed by atoms with van der Waals surface area (Å²) < 4.78 is 3.61. The Hall–Kier alpha value is -1.03. The molecule has 1 N–H and O–H groups in total. The number of imidazole rings is 1. The van der Waals surface area contributed by atoms with Crippen LogP contribution in [0.5, 0.6) is 0 Å². The van der Waals surface area contributed by atoms with Crippen molar-refractivity contribution in [3.05, 3.63) is 22.9 Å². The summed E-state index contributed by atoms with van der Waals surface area (Å²) in [6.07, 6.45) is 8.85. The molecule has 0 bridgehead atoms. The minimum Gasteiger partial charge on any atom is -0.314 e. The number of aryl methyl sites for hydroxylation is 2. The number of aromatic nitrogens is 2. The highest BCUT2D eigenvalue weighted by Crippen LogP contribution is 2.28. The Kier molecular flexibility index (Phi) is 4.64. The number of hydrogen-bond donors (Lipinski definition) is 1. The zero-order chi connectivity index (χ0) is 13.0. The third kappa shape index (κ3) is 2.86. The van der Waals surface area contributed by atoms with Gasteiger partial charge in [-0.15, -0.1) is 0 Å². The van der Waals surface area contributed by atoms with E-state index in [-0.39, 0.29) is 5.69 Å². The molecule has 1 aromatic heterocycles. The molecular weight excluding hydrogens is 226 g/mol. The average molecular weight is 251 g/mol. The van der Waals surface area contributed by atoms with Crippen LogP contribution in [0.25, 0.3) is 0 Å². The molecule has 0 spiro atoms. The molecule has 0 saturated heterocycles. The molecule has 1 aliphatic carbocycles. The van der Waals surface area contributed by atoms with Crippen molar-refractivity contribution >= 4 is 0 Å². The Bertz CT molecular complexity index is 421. The normalized spacial score (nSPS) is 23.7. The van der Waals surface area contributed by atoms with Gasteiger partial charge in [-0.1, -0.05) is 13.3 Å². The molecule has 1 fully saturated rings. The standard InChI is InChI=1S/C14H25N3O/c1-3-15-13-7-5-6-12(13)8-9-17-11-10-16(4-2)14(17)18/h10-13,15H,3-9H2,1-2H3. The van der Waals surface area contributed by atoms with E-state index >= 15 is 0 Å². The van der Waals surface area contributed by atoms with E-state index in [0.717, 1.165) is 32.0 Å². The molecule has 0 aliphatic heterocycles. The molecule has 1 heterocycles. The first-order valence-corrected chi connectivity index (χ1v) is 7.25. The molecular formula is C14H25N3O. The van der Waals surface area contributed by atoms with E-state index in [0.29, 0.717) is 6.04 Å². The maximum absolute atomic E-state index is 11.9. The van der Waals surface area contributed by atoms with Gasteiger partial charge in [-0.2, -0.15) is 0 Å². The molecule has 1 aromatic rings. The van der Waals surface area contributed by atoms with Gasteiger partial charge in [0.15, 0.2) is 0 Å². The van der Waals surface area contributed by atoms with Crippen LogP contribution in [0.15, 0.2) is 17.2 Å². The fourth-order valence-electron chi connectivity index (χ4n) is 3.08. The lowest BCUT2D eigenvalue weighted by Gasteiger charge is -2.20. The average Bonchev–Trinajstić information content (AvgIpc) is 2.94. The lowest BCUT2D eigenvalue weighted by atomic mass is 9.99. The van der Waals surface area contributed by atoms with Crippen LogP contribution < -0.4 is 11.0 Å². The van der Waals surface area contributed by atoms with E-state index in [4.69, 9.17) is 0 Å². The number of nitrogens with one attached hydrogen (secondary N) is 1. The Labute approximate surface area is 109 Å². The van der Waals surface area contributed by atoms with E-state index in [1.54, 1.807) is 4.57 Å². The number of hydrogen-bond acceptors (Lipinski definition) is 2. The first-order chi connectivity index (χ1) is 8.76. The highest BCUT2D eigenvalue weighted by atomic mass is 16.1. The second-order valence-corrected chi connectivity index (χ2v) is 5.20. The minimum absolute atomic E-state index is 0.135. The van der Waals surface area contributed by atoms with Crippen LogP contribution in [0, 0.1) is 5.92 Å². The molecule has 0 radical (unpaired) electrons. The van der Waals surface area contributed by atoms with Crippen molar-refractivity contribution in [2.24, 2.45) is 5.92 Å². The molecule has 2 rings (SSSR count). The van der Waals surface area contributed by atoms with Crippen molar-refractivity contribution in [1.82, 2.24) is 14.5 Å². The quantitative estimate of drug-likeness (QED) is 0.838. The van der Waals surface area contributed by atoms with Gasteiger partial charge in [-0.25, -0.2) is 4.79 Å². The third-order valence-electron chi connectivity index (χ3n) is 4.12. The second kappa shape index (κ2) is 6.23. The number of rotatable bonds is 6. The van der Waals surface area contributed by atoms with Gasteiger partial charge in [0, 0.05) is 31.5 Å². The maximum Gasteiger partial charge on any atom is 0.328 e. The molecule has 1 aliphatic rings. The Balaban J connectivity index is 1.90. The van der Waals surface area contributed by atoms with E-state index < -0.39 is 0 Å². The summed E-state index contributed by atoms with van der Waals surface area (Å²) in [7, 11) is 0. The van der Waals surface area contributed by atoms with Gasteiger partial charge >= 0.3 is 5.69 Å². The fraction of sp³-hybridized carbons (Fsp3) is 0.786. The van der Waals surface area contributed by atoms with Crippen LogP contribution in [0.1, 0.15) is 39.5 Å². The van der Waals surface area contributed by atoms with E-state index in [1.165, 1.54) is 19.3 Å². The third-order valence-corrected chi connectivity index (χ3v) is 4.12. The molecule has 2 atom stereocenters. The van der Waals surface area contributed by atoms with Gasteiger partial charge in [0.25, 0.3) is 0 Å². The van der Waals surface area contributed by atoms with Crippen LogP contribution in [0.4, 0.5) is 0 Å². The van der Waals surface area contributed by atoms with Crippen LogP contribution in [0.2, 0.25) is 0 Å². The van der Waals surface area contributed by atoms with Gasteiger partial charge in [0.05, 0.1) is 0 Å². The highest BCUT2D eigenvalue weighted by Gasteiger charge is 2.26. The second-order valence-electron chi connectivity index (χ2n) is 5.20. The molecule has 0 amide bonds. The van der Waals surface area contributed by atoms with Crippen LogP contribution >= 0.6 is 0 Å². The van der Waals surface area contributed by atoms with Crippen LogP contribution in [-0.4, -0.2) is 21.7 Å². The first kappa shape index (κ1) is 13.4. The predicted octanol–water partition coefficient (Wildman–Crippen LogP) is 1.84. The first-order valence-electron chi connectivity index (χ1n) is 7.25. The van der Waals surface area contributed by atoms with Crippen molar-refractivity contribution in [3.8, 4) is 0 Å². The summed E-state index contributed by atoms with van der Waals surface area (Å²) >= 11 is 0. The summed E-state index contributed by atoms with van der Waals surface area (Å²) in [6, 6.07) is 0.666. The fourth-order valence-corrected chi connectivity index (χ4v) is 3.08. The molecule has 0 aromatic carbocycles. The Morgan fingerprint density at radius 1 is 1.28 bits per heavy atom. The maximum atomic E-state index is 11.9. The van der Waals surface area contributed by atoms with Crippen molar-refractivity contribution in [3.63, 3.8) is 0 Å². The number of nitrogens with zero attached hydrogens (tertiary/aromatic N) is 2. The van der Waals surface area contributed by atoms with E-state index in [1.807, 2.05) is 23.9 Å². The zero-order valence-electron chi connectivity index (χ0n) is 11.6. The highest BCUT2D eigenvalue weighted by molar-refractivity contribution is 4.85. The lowest BCUT2D eigenvalue weighted by molar-refractivity contribution is 0.363. The Morgan fingerprint density at radius 3 is 2.72 bits per heavy atom. The molecule has 18 heavy (non-hydrogen) atoms. The monoisotopic (exact) mass is 251 g/mol. The van der Waals surface area contributed by atoms with Crippen LogP contribution in [-0.2, 0) is 13.1 Å². The summed E-state index contributed by atoms with van der Waals surface area (Å²) in [5.74, 6) is 0.738. The topological polar surface area (TPSA) is 39.0 Å². The van der Waals surface area contributed by atoms with E-state index in [9.17, 15) is 4.79 Å². The van der Waals surface area contributed by atoms with Crippen molar-refractivity contribution < 1.29 is 0 Å². The van der Waals surface area contributed by atoms with Gasteiger partial charge in [-0.05, 0) is 38.6 Å².